The van der Waals surface area contributed by atoms with E-state index in [9.17, 15) is 5.11 Å². The molecule has 2 rings (SSSR count). The van der Waals surface area contributed by atoms with Crippen molar-refractivity contribution in [2.24, 2.45) is 0 Å². The molecule has 0 spiro atoms. The lowest BCUT2D eigenvalue weighted by molar-refractivity contribution is -0.0543. The molecule has 100 valence electrons. The predicted octanol–water partition coefficient (Wildman–Crippen LogP) is 1.35. The molecule has 1 aliphatic rings. The molecule has 1 saturated heterocycles. The van der Waals surface area contributed by atoms with Crippen LogP contribution in [0.25, 0.3) is 0 Å². The predicted molar refractivity (Wildman–Crippen MR) is 69.0 cm³/mol. The molecule has 18 heavy (non-hydrogen) atoms. The molecule has 1 aliphatic heterocycles. The van der Waals surface area contributed by atoms with Gasteiger partial charge in [-0.2, -0.15) is 0 Å². The first-order valence-corrected chi connectivity index (χ1v) is 6.18. The molecule has 0 radical (unpaired) electrons. The highest BCUT2D eigenvalue weighted by atomic mass is 16.5. The number of aliphatic hydroxyl groups is 1. The molecule has 5 heteroatoms. The lowest BCUT2D eigenvalue weighted by atomic mass is 9.94. The quantitative estimate of drug-likeness (QED) is 0.847. The van der Waals surface area contributed by atoms with E-state index in [0.29, 0.717) is 38.3 Å². The Hall–Kier alpha value is -1.33. The molecule has 1 fully saturated rings. The molecule has 0 amide bonds. The molecule has 0 aliphatic carbocycles. The SMILES string of the molecule is COc1cnc(C)cc1NCC1(O)CCOCC1. The number of nitrogens with zero attached hydrogens (tertiary/aromatic N) is 1. The van der Waals surface area contributed by atoms with Crippen molar-refractivity contribution in [2.75, 3.05) is 32.2 Å². The van der Waals surface area contributed by atoms with Gasteiger partial charge in [-0.05, 0) is 13.0 Å². The number of aromatic nitrogens is 1. The maximum Gasteiger partial charge on any atom is 0.160 e. The number of hydrogen-bond donors (Lipinski definition) is 2. The average Bonchev–Trinajstić information content (AvgIpc) is 2.38. The average molecular weight is 252 g/mol. The minimum absolute atomic E-state index is 0.496. The standard InChI is InChI=1S/C13H20N2O3/c1-10-7-11(12(17-2)8-14-10)15-9-13(16)3-5-18-6-4-13/h7-8,16H,3-6,9H2,1-2H3,(H,14,15). The van der Waals surface area contributed by atoms with Crippen molar-refractivity contribution in [1.29, 1.82) is 0 Å². The highest BCUT2D eigenvalue weighted by Crippen LogP contribution is 2.26. The second kappa shape index (κ2) is 5.54. The van der Waals surface area contributed by atoms with Gasteiger partial charge in [0.05, 0.1) is 24.6 Å². The fourth-order valence-corrected chi connectivity index (χ4v) is 2.04. The fourth-order valence-electron chi connectivity index (χ4n) is 2.04. The Bertz CT molecular complexity index is 403. The molecule has 5 nitrogen and oxygen atoms in total. The number of methoxy groups -OCH3 is 1. The molecule has 0 unspecified atom stereocenters. The third kappa shape index (κ3) is 3.11. The van der Waals surface area contributed by atoms with Gasteiger partial charge in [0.15, 0.2) is 5.75 Å². The largest absolute Gasteiger partial charge is 0.493 e. The Balaban J connectivity index is 2.02. The second-order valence-electron chi connectivity index (χ2n) is 4.72. The second-order valence-corrected chi connectivity index (χ2v) is 4.72. The van der Waals surface area contributed by atoms with Gasteiger partial charge in [-0.1, -0.05) is 0 Å². The van der Waals surface area contributed by atoms with Crippen molar-refractivity contribution in [1.82, 2.24) is 4.98 Å². The summed E-state index contributed by atoms with van der Waals surface area (Å²) in [6.45, 7) is 3.65. The van der Waals surface area contributed by atoms with E-state index in [4.69, 9.17) is 9.47 Å². The molecule has 0 atom stereocenters. The molecule has 2 heterocycles. The third-order valence-electron chi connectivity index (χ3n) is 3.26. The Labute approximate surface area is 107 Å². The number of ether oxygens (including phenoxy) is 2. The lowest BCUT2D eigenvalue weighted by Crippen LogP contribution is -2.42. The number of hydrogen-bond acceptors (Lipinski definition) is 5. The van der Waals surface area contributed by atoms with Gasteiger partial charge in [0.2, 0.25) is 0 Å². The van der Waals surface area contributed by atoms with Crippen LogP contribution < -0.4 is 10.1 Å². The van der Waals surface area contributed by atoms with E-state index in [0.717, 1.165) is 11.4 Å². The van der Waals surface area contributed by atoms with Crippen LogP contribution >= 0.6 is 0 Å². The molecular formula is C13H20N2O3. The van der Waals surface area contributed by atoms with Crippen LogP contribution in [0, 0.1) is 6.92 Å². The van der Waals surface area contributed by atoms with Crippen LogP contribution in [-0.2, 0) is 4.74 Å². The Kier molecular flexibility index (Phi) is 4.04. The van der Waals surface area contributed by atoms with Crippen LogP contribution in [0.1, 0.15) is 18.5 Å². The minimum atomic E-state index is -0.694. The van der Waals surface area contributed by atoms with Crippen LogP contribution in [0.5, 0.6) is 5.75 Å². The highest BCUT2D eigenvalue weighted by molar-refractivity contribution is 5.56. The monoisotopic (exact) mass is 252 g/mol. The summed E-state index contributed by atoms with van der Waals surface area (Å²) in [6, 6.07) is 1.92. The Morgan fingerprint density at radius 1 is 1.50 bits per heavy atom. The van der Waals surface area contributed by atoms with Crippen LogP contribution in [-0.4, -0.2) is 42.6 Å². The van der Waals surface area contributed by atoms with Crippen molar-refractivity contribution in [2.45, 2.75) is 25.4 Å². The molecule has 0 saturated carbocycles. The first kappa shape index (κ1) is 13.1. The Morgan fingerprint density at radius 3 is 2.89 bits per heavy atom. The summed E-state index contributed by atoms with van der Waals surface area (Å²) in [5.74, 6) is 0.691. The van der Waals surface area contributed by atoms with Gasteiger partial charge >= 0.3 is 0 Å². The summed E-state index contributed by atoms with van der Waals surface area (Å²) in [4.78, 5) is 4.18. The summed E-state index contributed by atoms with van der Waals surface area (Å²) >= 11 is 0. The van der Waals surface area contributed by atoms with Crippen molar-refractivity contribution < 1.29 is 14.6 Å². The van der Waals surface area contributed by atoms with Crippen LogP contribution in [0.15, 0.2) is 12.3 Å². The zero-order valence-corrected chi connectivity index (χ0v) is 10.9. The Morgan fingerprint density at radius 2 is 2.22 bits per heavy atom. The maximum atomic E-state index is 10.4. The van der Waals surface area contributed by atoms with Crippen LogP contribution in [0.2, 0.25) is 0 Å². The summed E-state index contributed by atoms with van der Waals surface area (Å²) in [7, 11) is 1.61. The molecule has 0 aromatic carbocycles. The minimum Gasteiger partial charge on any atom is -0.493 e. The topological polar surface area (TPSA) is 63.6 Å². The van der Waals surface area contributed by atoms with Crippen molar-refractivity contribution >= 4 is 5.69 Å². The van der Waals surface area contributed by atoms with Crippen LogP contribution in [0.3, 0.4) is 0 Å². The van der Waals surface area contributed by atoms with E-state index in [-0.39, 0.29) is 0 Å². The molecule has 1 aromatic rings. The molecule has 2 N–H and O–H groups in total. The van der Waals surface area contributed by atoms with E-state index >= 15 is 0 Å². The van der Waals surface area contributed by atoms with Crippen molar-refractivity contribution in [3.05, 3.63) is 18.0 Å². The van der Waals surface area contributed by atoms with Crippen molar-refractivity contribution in [3.8, 4) is 5.75 Å². The van der Waals surface area contributed by atoms with E-state index in [1.54, 1.807) is 13.3 Å². The van der Waals surface area contributed by atoms with Gasteiger partial charge in [0.25, 0.3) is 0 Å². The summed E-state index contributed by atoms with van der Waals surface area (Å²) in [6.07, 6.45) is 3.00. The fraction of sp³-hybridized carbons (Fsp3) is 0.615. The first-order chi connectivity index (χ1) is 8.63. The summed E-state index contributed by atoms with van der Waals surface area (Å²) in [5.41, 5.74) is 1.09. The van der Waals surface area contributed by atoms with Gasteiger partial charge in [-0.3, -0.25) is 4.98 Å². The van der Waals surface area contributed by atoms with Gasteiger partial charge in [-0.15, -0.1) is 0 Å². The highest BCUT2D eigenvalue weighted by Gasteiger charge is 2.29. The third-order valence-corrected chi connectivity index (χ3v) is 3.26. The number of aryl methyl sites for hydroxylation is 1. The summed E-state index contributed by atoms with van der Waals surface area (Å²) < 4.78 is 10.5. The summed E-state index contributed by atoms with van der Waals surface area (Å²) in [5, 5.41) is 13.6. The molecule has 1 aromatic heterocycles. The smallest absolute Gasteiger partial charge is 0.160 e. The van der Waals surface area contributed by atoms with E-state index in [2.05, 4.69) is 10.3 Å². The van der Waals surface area contributed by atoms with Gasteiger partial charge in [0, 0.05) is 38.3 Å². The van der Waals surface area contributed by atoms with E-state index < -0.39 is 5.60 Å². The zero-order valence-electron chi connectivity index (χ0n) is 10.9. The van der Waals surface area contributed by atoms with E-state index in [1.807, 2.05) is 13.0 Å². The molecule has 0 bridgehead atoms. The van der Waals surface area contributed by atoms with E-state index in [1.165, 1.54) is 0 Å². The zero-order chi connectivity index (χ0) is 13.0. The van der Waals surface area contributed by atoms with Crippen molar-refractivity contribution in [3.63, 3.8) is 0 Å². The number of rotatable bonds is 4. The molecular weight excluding hydrogens is 232 g/mol. The number of nitrogens with one attached hydrogen (secondary N) is 1. The first-order valence-electron chi connectivity index (χ1n) is 6.18. The number of anilines is 1. The maximum absolute atomic E-state index is 10.4. The lowest BCUT2D eigenvalue weighted by Gasteiger charge is -2.32. The van der Waals surface area contributed by atoms with Crippen LogP contribution in [0.4, 0.5) is 5.69 Å². The van der Waals surface area contributed by atoms with Gasteiger partial charge < -0.3 is 19.9 Å². The number of pyridine rings is 1. The normalized spacial score (nSPS) is 18.4. The van der Waals surface area contributed by atoms with Gasteiger partial charge in [-0.25, -0.2) is 0 Å². The van der Waals surface area contributed by atoms with Gasteiger partial charge in [0.1, 0.15) is 0 Å².